The monoisotopic (exact) mass is 463 g/mol. The highest BCUT2D eigenvalue weighted by molar-refractivity contribution is 6.15. The van der Waals surface area contributed by atoms with Gasteiger partial charge in [0, 0.05) is 12.1 Å². The van der Waals surface area contributed by atoms with Crippen LogP contribution in [0.5, 0.6) is 5.75 Å². The van der Waals surface area contributed by atoms with E-state index in [1.54, 1.807) is 36.4 Å². The van der Waals surface area contributed by atoms with Gasteiger partial charge < -0.3 is 20.1 Å². The number of aryl methyl sites for hydroxylation is 1. The normalized spacial score (nSPS) is 17.9. The number of hydrogen-bond donors (Lipinski definition) is 2. The smallest absolute Gasteiger partial charge is 0.344 e. The number of ether oxygens (including phenoxy) is 2. The summed E-state index contributed by atoms with van der Waals surface area (Å²) in [6.45, 7) is -0.845. The molecule has 0 atom stereocenters. The molecule has 0 unspecified atom stereocenters. The number of rotatable bonds is 5. The van der Waals surface area contributed by atoms with Crippen molar-refractivity contribution in [3.63, 3.8) is 0 Å². The molecular formula is C25H25N3O6. The van der Waals surface area contributed by atoms with Crippen LogP contribution in [-0.2, 0) is 30.3 Å². The number of amides is 3. The Balaban J connectivity index is 1.23. The van der Waals surface area contributed by atoms with E-state index in [4.69, 9.17) is 9.47 Å². The molecule has 2 heterocycles. The second kappa shape index (κ2) is 8.81. The van der Waals surface area contributed by atoms with Crippen molar-refractivity contribution in [3.8, 4) is 5.75 Å². The maximum absolute atomic E-state index is 13.2. The maximum Gasteiger partial charge on any atom is 0.344 e. The number of esters is 1. The lowest BCUT2D eigenvalue weighted by molar-refractivity contribution is -0.150. The predicted octanol–water partition coefficient (Wildman–Crippen LogP) is 2.79. The highest BCUT2D eigenvalue weighted by atomic mass is 16.6. The van der Waals surface area contributed by atoms with Gasteiger partial charge in [0.1, 0.15) is 11.3 Å². The first-order chi connectivity index (χ1) is 16.5. The third kappa shape index (κ3) is 3.98. The van der Waals surface area contributed by atoms with Gasteiger partial charge in [-0.3, -0.25) is 19.3 Å². The standard InChI is InChI=1S/C25H25N3O6/c29-21-10-7-16-13-17(8-9-18(16)26-21)33-15-23(31)34-14-22(30)28-20-6-2-1-5-19(20)27-24(32)25(28)11-3-4-12-25/h1-2,5-6,8-9,13H,3-4,7,10-12,14-15H2,(H,26,29)(H,27,32). The summed E-state index contributed by atoms with van der Waals surface area (Å²) < 4.78 is 10.7. The van der Waals surface area contributed by atoms with Crippen molar-refractivity contribution in [1.82, 2.24) is 0 Å². The first-order valence-corrected chi connectivity index (χ1v) is 11.4. The van der Waals surface area contributed by atoms with E-state index in [0.29, 0.717) is 42.8 Å². The van der Waals surface area contributed by atoms with Crippen LogP contribution in [0.4, 0.5) is 17.1 Å². The van der Waals surface area contributed by atoms with Crippen molar-refractivity contribution < 1.29 is 28.7 Å². The van der Waals surface area contributed by atoms with Gasteiger partial charge in [0.15, 0.2) is 13.2 Å². The summed E-state index contributed by atoms with van der Waals surface area (Å²) >= 11 is 0. The molecule has 9 heteroatoms. The highest BCUT2D eigenvalue weighted by Gasteiger charge is 2.52. The summed E-state index contributed by atoms with van der Waals surface area (Å²) in [4.78, 5) is 51.5. The molecule has 1 spiro atoms. The summed E-state index contributed by atoms with van der Waals surface area (Å²) in [5, 5.41) is 5.71. The van der Waals surface area contributed by atoms with Crippen molar-refractivity contribution in [3.05, 3.63) is 48.0 Å². The van der Waals surface area contributed by atoms with Crippen molar-refractivity contribution in [2.45, 2.75) is 44.1 Å². The van der Waals surface area contributed by atoms with Gasteiger partial charge in [-0.2, -0.15) is 0 Å². The van der Waals surface area contributed by atoms with Gasteiger partial charge in [-0.15, -0.1) is 0 Å². The van der Waals surface area contributed by atoms with Crippen molar-refractivity contribution in [2.24, 2.45) is 0 Å². The first kappa shape index (κ1) is 21.9. The molecule has 0 aromatic heterocycles. The van der Waals surface area contributed by atoms with E-state index in [-0.39, 0.29) is 18.4 Å². The third-order valence-corrected chi connectivity index (χ3v) is 6.61. The number of nitrogens with one attached hydrogen (secondary N) is 2. The summed E-state index contributed by atoms with van der Waals surface area (Å²) in [6.07, 6.45) is 3.82. The lowest BCUT2D eigenvalue weighted by Crippen LogP contribution is -2.61. The first-order valence-electron chi connectivity index (χ1n) is 11.4. The molecule has 1 aliphatic carbocycles. The molecule has 2 aromatic rings. The van der Waals surface area contributed by atoms with Crippen LogP contribution in [0.25, 0.3) is 0 Å². The SMILES string of the molecule is O=C1CCc2cc(OCC(=O)OCC(=O)N3c4ccccc4NC(=O)C34CCCC4)ccc2N1. The Bertz CT molecular complexity index is 1170. The fourth-order valence-electron chi connectivity index (χ4n) is 4.97. The minimum Gasteiger partial charge on any atom is -0.482 e. The minimum atomic E-state index is -0.951. The van der Waals surface area contributed by atoms with Crippen molar-refractivity contribution >= 4 is 40.8 Å². The van der Waals surface area contributed by atoms with Crippen LogP contribution in [0.15, 0.2) is 42.5 Å². The molecular weight excluding hydrogens is 438 g/mol. The summed E-state index contributed by atoms with van der Waals surface area (Å²) in [5.74, 6) is -0.876. The van der Waals surface area contributed by atoms with Crippen LogP contribution in [0, 0.1) is 0 Å². The van der Waals surface area contributed by atoms with Gasteiger partial charge in [0.05, 0.1) is 11.4 Å². The number of para-hydroxylation sites is 2. The largest absolute Gasteiger partial charge is 0.482 e. The molecule has 2 aliphatic heterocycles. The van der Waals surface area contributed by atoms with Gasteiger partial charge in [-0.05, 0) is 55.2 Å². The maximum atomic E-state index is 13.2. The molecule has 1 fully saturated rings. The van der Waals surface area contributed by atoms with Crippen LogP contribution < -0.4 is 20.3 Å². The molecule has 2 N–H and O–H groups in total. The highest BCUT2D eigenvalue weighted by Crippen LogP contribution is 2.45. The van der Waals surface area contributed by atoms with Crippen LogP contribution in [0.1, 0.15) is 37.7 Å². The number of nitrogens with zero attached hydrogens (tertiary/aromatic N) is 1. The van der Waals surface area contributed by atoms with Crippen LogP contribution in [0.3, 0.4) is 0 Å². The quantitative estimate of drug-likeness (QED) is 0.659. The topological polar surface area (TPSA) is 114 Å². The molecule has 34 heavy (non-hydrogen) atoms. The number of fused-ring (bicyclic) bond motifs is 2. The molecule has 0 radical (unpaired) electrons. The Morgan fingerprint density at radius 2 is 1.74 bits per heavy atom. The summed E-state index contributed by atoms with van der Waals surface area (Å²) in [5.41, 5.74) is 1.90. The van der Waals surface area contributed by atoms with Gasteiger partial charge in [-0.25, -0.2) is 4.79 Å². The van der Waals surface area contributed by atoms with Gasteiger partial charge >= 0.3 is 5.97 Å². The van der Waals surface area contributed by atoms with E-state index in [9.17, 15) is 19.2 Å². The zero-order chi connectivity index (χ0) is 23.7. The Morgan fingerprint density at radius 1 is 0.941 bits per heavy atom. The zero-order valence-corrected chi connectivity index (χ0v) is 18.6. The Hall–Kier alpha value is -3.88. The molecule has 0 saturated heterocycles. The lowest BCUT2D eigenvalue weighted by atomic mass is 9.90. The van der Waals surface area contributed by atoms with E-state index < -0.39 is 24.0 Å². The molecule has 1 saturated carbocycles. The fraction of sp³-hybridized carbons (Fsp3) is 0.360. The number of benzene rings is 2. The van der Waals surface area contributed by atoms with E-state index >= 15 is 0 Å². The van der Waals surface area contributed by atoms with E-state index in [2.05, 4.69) is 10.6 Å². The van der Waals surface area contributed by atoms with Gasteiger partial charge in [0.25, 0.3) is 11.8 Å². The van der Waals surface area contributed by atoms with E-state index in [0.717, 1.165) is 24.1 Å². The van der Waals surface area contributed by atoms with E-state index in [1.165, 1.54) is 4.90 Å². The van der Waals surface area contributed by atoms with Crippen LogP contribution in [-0.4, -0.2) is 42.4 Å². The summed E-state index contributed by atoms with van der Waals surface area (Å²) in [7, 11) is 0. The van der Waals surface area contributed by atoms with Crippen LogP contribution in [0.2, 0.25) is 0 Å². The minimum absolute atomic E-state index is 0.0254. The van der Waals surface area contributed by atoms with Crippen molar-refractivity contribution in [1.29, 1.82) is 0 Å². The second-order valence-corrected chi connectivity index (χ2v) is 8.76. The third-order valence-electron chi connectivity index (χ3n) is 6.61. The number of carbonyl (C=O) groups is 4. The number of carbonyl (C=O) groups excluding carboxylic acids is 4. The Labute approximate surface area is 196 Å². The Kier molecular flexibility index (Phi) is 5.69. The second-order valence-electron chi connectivity index (χ2n) is 8.76. The van der Waals surface area contributed by atoms with E-state index in [1.807, 2.05) is 6.07 Å². The Morgan fingerprint density at radius 3 is 2.56 bits per heavy atom. The van der Waals surface area contributed by atoms with Crippen LogP contribution >= 0.6 is 0 Å². The molecule has 2 aromatic carbocycles. The number of hydrogen-bond acceptors (Lipinski definition) is 6. The molecule has 3 amide bonds. The molecule has 0 bridgehead atoms. The summed E-state index contributed by atoms with van der Waals surface area (Å²) in [6, 6.07) is 12.3. The molecule has 9 nitrogen and oxygen atoms in total. The van der Waals surface area contributed by atoms with Crippen molar-refractivity contribution in [2.75, 3.05) is 28.7 Å². The molecule has 5 rings (SSSR count). The number of anilines is 3. The predicted molar refractivity (Wildman–Crippen MR) is 124 cm³/mol. The zero-order valence-electron chi connectivity index (χ0n) is 18.6. The molecule has 3 aliphatic rings. The molecule has 176 valence electrons. The average Bonchev–Trinajstić information content (AvgIpc) is 3.32. The van der Waals surface area contributed by atoms with Gasteiger partial charge in [-0.1, -0.05) is 25.0 Å². The lowest BCUT2D eigenvalue weighted by Gasteiger charge is -2.44. The fourth-order valence-corrected chi connectivity index (χ4v) is 4.97. The van der Waals surface area contributed by atoms with Gasteiger partial charge in [0.2, 0.25) is 5.91 Å². The average molecular weight is 463 g/mol.